The maximum atomic E-state index is 12.7. The molecule has 1 aromatic carbocycles. The van der Waals surface area contributed by atoms with Crippen LogP contribution in [0.4, 0.5) is 14.5 Å². The number of rotatable bonds is 6. The van der Waals surface area contributed by atoms with Gasteiger partial charge in [0.25, 0.3) is 11.8 Å². The molecule has 0 spiro atoms. The number of amides is 2. The predicted octanol–water partition coefficient (Wildman–Crippen LogP) is 3.93. The lowest BCUT2D eigenvalue weighted by atomic mass is 9.84. The Kier molecular flexibility index (Phi) is 6.17. The van der Waals surface area contributed by atoms with Crippen molar-refractivity contribution in [2.45, 2.75) is 34.4 Å². The van der Waals surface area contributed by atoms with Crippen molar-refractivity contribution in [3.05, 3.63) is 41.3 Å². The molecular formula is C20H21F2N3O2S2. The van der Waals surface area contributed by atoms with Gasteiger partial charge < -0.3 is 15.5 Å². The Morgan fingerprint density at radius 1 is 1.14 bits per heavy atom. The van der Waals surface area contributed by atoms with E-state index in [1.54, 1.807) is 30.3 Å². The molecule has 5 nitrogen and oxygen atoms in total. The number of hydrogen-bond donors (Lipinski definition) is 2. The molecule has 0 aliphatic carbocycles. The lowest BCUT2D eigenvalue weighted by Gasteiger charge is -2.44. The number of nitrogens with zero attached hydrogens (tertiary/aromatic N) is 1. The van der Waals surface area contributed by atoms with Gasteiger partial charge in [0.15, 0.2) is 0 Å². The van der Waals surface area contributed by atoms with Crippen LogP contribution in [0.3, 0.4) is 0 Å². The second-order valence-corrected chi connectivity index (χ2v) is 9.65. The van der Waals surface area contributed by atoms with Crippen LogP contribution in [-0.2, 0) is 4.79 Å². The third kappa shape index (κ3) is 4.79. The van der Waals surface area contributed by atoms with Crippen LogP contribution in [0.15, 0.2) is 45.5 Å². The van der Waals surface area contributed by atoms with Crippen molar-refractivity contribution in [1.82, 2.24) is 10.2 Å². The van der Waals surface area contributed by atoms with Crippen LogP contribution < -0.4 is 10.6 Å². The van der Waals surface area contributed by atoms with E-state index in [9.17, 15) is 18.4 Å². The van der Waals surface area contributed by atoms with E-state index in [0.29, 0.717) is 21.4 Å². The van der Waals surface area contributed by atoms with Crippen molar-refractivity contribution in [2.24, 2.45) is 5.92 Å². The van der Waals surface area contributed by atoms with Crippen molar-refractivity contribution in [2.75, 3.05) is 25.0 Å². The number of alkyl halides is 2. The second-order valence-electron chi connectivity index (χ2n) is 7.22. The number of anilines is 1. The summed E-state index contributed by atoms with van der Waals surface area (Å²) in [4.78, 5) is 27.7. The van der Waals surface area contributed by atoms with Crippen LogP contribution in [0.1, 0.15) is 22.5 Å². The molecule has 3 aliphatic heterocycles. The molecule has 154 valence electrons. The first-order valence-electron chi connectivity index (χ1n) is 9.48. The fourth-order valence-corrected chi connectivity index (χ4v) is 5.89. The van der Waals surface area contributed by atoms with Crippen molar-refractivity contribution in [3.63, 3.8) is 0 Å². The first kappa shape index (κ1) is 20.3. The van der Waals surface area contributed by atoms with E-state index in [1.165, 1.54) is 23.1 Å². The molecule has 3 aliphatic rings. The van der Waals surface area contributed by atoms with Crippen molar-refractivity contribution in [1.29, 1.82) is 0 Å². The zero-order valence-corrected chi connectivity index (χ0v) is 17.2. The Balaban J connectivity index is 1.41. The van der Waals surface area contributed by atoms with Gasteiger partial charge in [-0.25, -0.2) is 0 Å². The highest BCUT2D eigenvalue weighted by Gasteiger charge is 2.35. The number of piperidine rings is 3. The molecule has 3 fully saturated rings. The number of thiophene rings is 1. The first-order chi connectivity index (χ1) is 14.0. The summed E-state index contributed by atoms with van der Waals surface area (Å²) < 4.78 is 25.9. The Morgan fingerprint density at radius 3 is 2.59 bits per heavy atom. The van der Waals surface area contributed by atoms with Gasteiger partial charge in [-0.2, -0.15) is 8.78 Å². The number of benzene rings is 1. The molecule has 2 amide bonds. The number of fused-ring (bicyclic) bond motifs is 3. The normalized spacial score (nSPS) is 23.2. The summed E-state index contributed by atoms with van der Waals surface area (Å²) in [6.45, 7) is 3.16. The van der Waals surface area contributed by atoms with Gasteiger partial charge in [-0.15, -0.1) is 11.3 Å². The maximum absolute atomic E-state index is 12.7. The maximum Gasteiger partial charge on any atom is 0.315 e. The Hall–Kier alpha value is -1.97. The largest absolute Gasteiger partial charge is 0.347 e. The highest BCUT2D eigenvalue weighted by molar-refractivity contribution is 8.01. The zero-order chi connectivity index (χ0) is 20.4. The Bertz CT molecular complexity index is 897. The van der Waals surface area contributed by atoms with Crippen LogP contribution in [0, 0.1) is 5.92 Å². The molecule has 0 radical (unpaired) electrons. The van der Waals surface area contributed by atoms with Gasteiger partial charge >= 0.3 is 6.43 Å². The van der Waals surface area contributed by atoms with Crippen LogP contribution >= 0.6 is 23.1 Å². The van der Waals surface area contributed by atoms with Gasteiger partial charge in [0, 0.05) is 17.5 Å². The number of carbonyl (C=O) groups is 2. The van der Waals surface area contributed by atoms with Gasteiger partial charge in [0.2, 0.25) is 0 Å². The molecule has 2 N–H and O–H groups in total. The average Bonchev–Trinajstić information content (AvgIpc) is 3.19. The zero-order valence-electron chi connectivity index (χ0n) is 15.6. The fraction of sp³-hybridized carbons (Fsp3) is 0.400. The SMILES string of the molecule is O=C(N[C@H]1CN2CCC1CC2)c1ccc(Sc2ccccc2NC(=O)C(F)F)s1. The van der Waals surface area contributed by atoms with E-state index in [4.69, 9.17) is 0 Å². The highest BCUT2D eigenvalue weighted by atomic mass is 32.2. The smallest absolute Gasteiger partial charge is 0.315 e. The number of carbonyl (C=O) groups excluding carboxylic acids is 2. The summed E-state index contributed by atoms with van der Waals surface area (Å²) in [5.41, 5.74) is 0.328. The van der Waals surface area contributed by atoms with Crippen LogP contribution in [0.5, 0.6) is 0 Å². The topological polar surface area (TPSA) is 61.4 Å². The molecule has 2 bridgehead atoms. The Labute approximate surface area is 175 Å². The minimum absolute atomic E-state index is 0.0695. The summed E-state index contributed by atoms with van der Waals surface area (Å²) in [6, 6.07) is 10.6. The minimum Gasteiger partial charge on any atom is -0.347 e. The second kappa shape index (κ2) is 8.81. The summed E-state index contributed by atoms with van der Waals surface area (Å²) in [7, 11) is 0. The molecule has 2 aromatic rings. The average molecular weight is 438 g/mol. The third-order valence-corrected chi connectivity index (χ3v) is 7.62. The van der Waals surface area contributed by atoms with Crippen molar-refractivity contribution in [3.8, 4) is 0 Å². The Morgan fingerprint density at radius 2 is 1.90 bits per heavy atom. The van der Waals surface area contributed by atoms with E-state index < -0.39 is 12.3 Å². The fourth-order valence-electron chi connectivity index (χ4n) is 3.82. The summed E-state index contributed by atoms with van der Waals surface area (Å²) in [5.74, 6) is -0.843. The van der Waals surface area contributed by atoms with Gasteiger partial charge in [-0.05, 0) is 56.1 Å². The van der Waals surface area contributed by atoms with E-state index in [1.807, 2.05) is 6.07 Å². The van der Waals surface area contributed by atoms with Gasteiger partial charge in [0.05, 0.1) is 14.8 Å². The molecule has 29 heavy (non-hydrogen) atoms. The summed E-state index contributed by atoms with van der Waals surface area (Å²) >= 11 is 2.69. The van der Waals surface area contributed by atoms with Gasteiger partial charge in [0.1, 0.15) is 0 Å². The molecule has 4 heterocycles. The first-order valence-corrected chi connectivity index (χ1v) is 11.1. The molecule has 0 saturated carbocycles. The summed E-state index contributed by atoms with van der Waals surface area (Å²) in [5, 5.41) is 5.41. The van der Waals surface area contributed by atoms with Gasteiger partial charge in [-0.1, -0.05) is 23.9 Å². The van der Waals surface area contributed by atoms with Gasteiger partial charge in [-0.3, -0.25) is 9.59 Å². The monoisotopic (exact) mass is 437 g/mol. The van der Waals surface area contributed by atoms with Crippen LogP contribution in [0.2, 0.25) is 0 Å². The molecule has 5 rings (SSSR count). The van der Waals surface area contributed by atoms with E-state index in [-0.39, 0.29) is 11.9 Å². The molecule has 0 unspecified atom stereocenters. The lowest BCUT2D eigenvalue weighted by molar-refractivity contribution is -0.126. The molecule has 3 saturated heterocycles. The van der Waals surface area contributed by atoms with E-state index >= 15 is 0 Å². The molecule has 1 atom stereocenters. The molecule has 1 aromatic heterocycles. The lowest BCUT2D eigenvalue weighted by Crippen LogP contribution is -2.57. The number of hydrogen-bond acceptors (Lipinski definition) is 5. The van der Waals surface area contributed by atoms with E-state index in [0.717, 1.165) is 36.7 Å². The molecular weight excluding hydrogens is 416 g/mol. The number of para-hydroxylation sites is 1. The quantitative estimate of drug-likeness (QED) is 0.719. The van der Waals surface area contributed by atoms with E-state index in [2.05, 4.69) is 15.5 Å². The molecule has 9 heteroatoms. The highest BCUT2D eigenvalue weighted by Crippen LogP contribution is 2.37. The summed E-state index contributed by atoms with van der Waals surface area (Å²) in [6.07, 6.45) is -0.800. The standard InChI is InChI=1S/C20H21F2N3O2S2/c21-18(22)20(27)23-13-3-1-2-4-15(13)28-17-6-5-16(29-17)19(26)24-14-11-25-9-7-12(14)8-10-25/h1-6,12,14,18H,7-11H2,(H,23,27)(H,24,26)/t14-/m0/s1. The predicted molar refractivity (Wildman–Crippen MR) is 110 cm³/mol. The van der Waals surface area contributed by atoms with Crippen LogP contribution in [0.25, 0.3) is 0 Å². The number of halogens is 2. The number of nitrogens with one attached hydrogen (secondary N) is 2. The van der Waals surface area contributed by atoms with Crippen molar-refractivity contribution < 1.29 is 18.4 Å². The van der Waals surface area contributed by atoms with Crippen LogP contribution in [-0.4, -0.2) is 48.8 Å². The van der Waals surface area contributed by atoms with Crippen molar-refractivity contribution >= 4 is 40.6 Å². The third-order valence-electron chi connectivity index (χ3n) is 5.33. The minimum atomic E-state index is -3.07.